The minimum absolute atomic E-state index is 0.0691. The summed E-state index contributed by atoms with van der Waals surface area (Å²) in [4.78, 5) is 2.31. The lowest BCUT2D eigenvalue weighted by atomic mass is 9.79. The van der Waals surface area contributed by atoms with Crippen LogP contribution in [-0.2, 0) is 14.7 Å². The molecule has 0 amide bonds. The second kappa shape index (κ2) is 10.0. The molecule has 0 radical (unpaired) electrons. The van der Waals surface area contributed by atoms with Crippen molar-refractivity contribution in [3.05, 3.63) is 114 Å². The Labute approximate surface area is 235 Å². The van der Waals surface area contributed by atoms with Crippen molar-refractivity contribution in [3.8, 4) is 11.1 Å². The van der Waals surface area contributed by atoms with Crippen molar-refractivity contribution in [2.24, 2.45) is 0 Å². The van der Waals surface area contributed by atoms with Gasteiger partial charge in [-0.3, -0.25) is 0 Å². The molecule has 1 aliphatic carbocycles. The second-order valence-corrected chi connectivity index (χ2v) is 11.8. The molecule has 5 rings (SSSR count). The van der Waals surface area contributed by atoms with Crippen LogP contribution in [0.5, 0.6) is 0 Å². The molecule has 3 aromatic rings. The summed E-state index contributed by atoms with van der Waals surface area (Å²) in [6.45, 7) is 19.1. The minimum atomic E-state index is -0.381. The molecule has 3 aromatic carbocycles. The third-order valence-corrected chi connectivity index (χ3v) is 8.92. The van der Waals surface area contributed by atoms with Crippen LogP contribution in [0.4, 0.5) is 11.4 Å². The van der Waals surface area contributed by atoms with E-state index in [4.69, 9.17) is 9.31 Å². The molecular weight excluding hydrogens is 477 g/mol. The molecule has 1 aliphatic heterocycles. The molecule has 0 saturated carbocycles. The van der Waals surface area contributed by atoms with Crippen LogP contribution in [0.1, 0.15) is 66.0 Å². The van der Waals surface area contributed by atoms with Crippen LogP contribution in [0.25, 0.3) is 11.1 Å². The second-order valence-electron chi connectivity index (χ2n) is 11.8. The van der Waals surface area contributed by atoms with E-state index in [2.05, 4.69) is 139 Å². The van der Waals surface area contributed by atoms with Crippen molar-refractivity contribution in [2.75, 3.05) is 4.90 Å². The fraction of sp³-hybridized carbons (Fsp3) is 0.314. The van der Waals surface area contributed by atoms with E-state index in [1.54, 1.807) is 0 Å². The summed E-state index contributed by atoms with van der Waals surface area (Å²) in [6, 6.07) is 24.2. The van der Waals surface area contributed by atoms with E-state index >= 15 is 0 Å². The van der Waals surface area contributed by atoms with E-state index in [0.717, 1.165) is 29.0 Å². The summed E-state index contributed by atoms with van der Waals surface area (Å²) < 4.78 is 12.8. The largest absolute Gasteiger partial charge is 0.494 e. The number of allylic oxidation sites excluding steroid dienone is 4. The summed E-state index contributed by atoms with van der Waals surface area (Å²) in [6.07, 6.45) is 8.93. The van der Waals surface area contributed by atoms with Gasteiger partial charge in [0.05, 0.1) is 11.2 Å². The average molecular weight is 518 g/mol. The van der Waals surface area contributed by atoms with E-state index in [-0.39, 0.29) is 23.7 Å². The first-order chi connectivity index (χ1) is 18.6. The Kier molecular flexibility index (Phi) is 6.99. The number of anilines is 2. The molecule has 1 saturated heterocycles. The number of nitrogens with zero attached hydrogens (tertiary/aromatic N) is 1. The molecule has 0 bridgehead atoms. The predicted octanol–water partition coefficient (Wildman–Crippen LogP) is 8.47. The first kappa shape index (κ1) is 27.2. The molecule has 1 unspecified atom stereocenters. The summed E-state index contributed by atoms with van der Waals surface area (Å²) in [5.41, 5.74) is 8.91. The number of hydrogen-bond acceptors (Lipinski definition) is 3. The Morgan fingerprint density at radius 1 is 0.872 bits per heavy atom. The number of hydrogen-bond donors (Lipinski definition) is 0. The molecule has 0 N–H and O–H groups in total. The SMILES string of the molecule is C=C/C=C\C(=C/C)N(c1ccc(B2OC(C)(C)C(C)(CC)O2)cc1)c1ccc2c(c1)C(C)(C)c1ccccc1-2. The van der Waals surface area contributed by atoms with Crippen molar-refractivity contribution in [3.63, 3.8) is 0 Å². The Hall–Kier alpha value is -3.34. The van der Waals surface area contributed by atoms with E-state index in [9.17, 15) is 0 Å². The van der Waals surface area contributed by atoms with Gasteiger partial charge < -0.3 is 14.2 Å². The van der Waals surface area contributed by atoms with Gasteiger partial charge in [0.2, 0.25) is 0 Å². The van der Waals surface area contributed by atoms with Gasteiger partial charge in [-0.1, -0.05) is 88.0 Å². The average Bonchev–Trinajstić information content (AvgIpc) is 3.32. The van der Waals surface area contributed by atoms with Crippen LogP contribution in [0.15, 0.2) is 103 Å². The maximum absolute atomic E-state index is 6.44. The predicted molar refractivity (Wildman–Crippen MR) is 166 cm³/mol. The van der Waals surface area contributed by atoms with Crippen LogP contribution in [0.3, 0.4) is 0 Å². The lowest BCUT2D eigenvalue weighted by molar-refractivity contribution is -0.0118. The topological polar surface area (TPSA) is 21.7 Å². The molecule has 200 valence electrons. The molecule has 3 nitrogen and oxygen atoms in total. The summed E-state index contributed by atoms with van der Waals surface area (Å²) >= 11 is 0. The number of rotatable bonds is 7. The van der Waals surface area contributed by atoms with Gasteiger partial charge in [0, 0.05) is 22.5 Å². The maximum atomic E-state index is 6.44. The minimum Gasteiger partial charge on any atom is -0.399 e. The third-order valence-electron chi connectivity index (χ3n) is 8.92. The van der Waals surface area contributed by atoms with Gasteiger partial charge in [0.15, 0.2) is 0 Å². The first-order valence-corrected chi connectivity index (χ1v) is 14.0. The number of fused-ring (bicyclic) bond motifs is 3. The number of benzene rings is 3. The molecule has 0 aromatic heterocycles. The lowest BCUT2D eigenvalue weighted by Gasteiger charge is -2.35. The quantitative estimate of drug-likeness (QED) is 0.232. The summed E-state index contributed by atoms with van der Waals surface area (Å²) in [7, 11) is -0.381. The van der Waals surface area contributed by atoms with Gasteiger partial charge in [-0.2, -0.15) is 0 Å². The molecule has 1 heterocycles. The molecule has 1 fully saturated rings. The highest BCUT2D eigenvalue weighted by Gasteiger charge is 2.53. The van der Waals surface area contributed by atoms with Crippen molar-refractivity contribution < 1.29 is 9.31 Å². The van der Waals surface area contributed by atoms with Crippen LogP contribution in [0, 0.1) is 0 Å². The molecule has 4 heteroatoms. The normalized spacial score (nSPS) is 21.2. The van der Waals surface area contributed by atoms with Gasteiger partial charge in [0.25, 0.3) is 0 Å². The summed E-state index contributed by atoms with van der Waals surface area (Å²) in [5.74, 6) is 0. The zero-order valence-corrected chi connectivity index (χ0v) is 24.4. The first-order valence-electron chi connectivity index (χ1n) is 14.0. The fourth-order valence-electron chi connectivity index (χ4n) is 5.97. The molecule has 0 spiro atoms. The lowest BCUT2D eigenvalue weighted by Crippen LogP contribution is -2.44. The van der Waals surface area contributed by atoms with E-state index < -0.39 is 0 Å². The Morgan fingerprint density at radius 3 is 2.18 bits per heavy atom. The van der Waals surface area contributed by atoms with Crippen molar-refractivity contribution >= 4 is 24.0 Å². The molecular formula is C35H40BNO2. The highest BCUT2D eigenvalue weighted by atomic mass is 16.7. The molecule has 2 aliphatic rings. The summed E-state index contributed by atoms with van der Waals surface area (Å²) in [5, 5.41) is 0. The third kappa shape index (κ3) is 4.50. The standard InChI is InChI=1S/C35H40BNO2/c1-9-12-15-26(10-2)37(27-20-18-25(19-21-27)36-38-34(6,7)35(8,11-3)39-36)28-22-23-30-29-16-13-14-17-31(29)33(4,5)32(30)24-28/h9-10,12-24H,1,11H2,2-8H3/b15-12-,26-10+. The van der Waals surface area contributed by atoms with E-state index in [1.807, 2.05) is 12.2 Å². The monoisotopic (exact) mass is 517 g/mol. The smallest absolute Gasteiger partial charge is 0.399 e. The fourth-order valence-corrected chi connectivity index (χ4v) is 5.97. The van der Waals surface area contributed by atoms with E-state index in [1.165, 1.54) is 22.3 Å². The highest BCUT2D eigenvalue weighted by Crippen LogP contribution is 2.50. The van der Waals surface area contributed by atoms with Gasteiger partial charge in [-0.15, -0.1) is 0 Å². The Balaban J connectivity index is 1.55. The zero-order valence-electron chi connectivity index (χ0n) is 24.4. The Morgan fingerprint density at radius 2 is 1.54 bits per heavy atom. The van der Waals surface area contributed by atoms with Crippen LogP contribution in [-0.4, -0.2) is 18.3 Å². The van der Waals surface area contributed by atoms with E-state index in [0.29, 0.717) is 0 Å². The Bertz CT molecular complexity index is 1450. The van der Waals surface area contributed by atoms with Crippen LogP contribution < -0.4 is 10.4 Å². The van der Waals surface area contributed by atoms with Gasteiger partial charge in [0.1, 0.15) is 0 Å². The van der Waals surface area contributed by atoms with Gasteiger partial charge in [-0.25, -0.2) is 0 Å². The molecule has 1 atom stereocenters. The van der Waals surface area contributed by atoms with Gasteiger partial charge in [-0.05, 0) is 92.2 Å². The van der Waals surface area contributed by atoms with Crippen molar-refractivity contribution in [1.29, 1.82) is 0 Å². The maximum Gasteiger partial charge on any atom is 0.494 e. The van der Waals surface area contributed by atoms with Gasteiger partial charge >= 0.3 is 7.12 Å². The zero-order chi connectivity index (χ0) is 28.0. The van der Waals surface area contributed by atoms with Crippen LogP contribution in [0.2, 0.25) is 0 Å². The van der Waals surface area contributed by atoms with Crippen molar-refractivity contribution in [1.82, 2.24) is 0 Å². The highest BCUT2D eigenvalue weighted by molar-refractivity contribution is 6.62. The van der Waals surface area contributed by atoms with Crippen molar-refractivity contribution in [2.45, 2.75) is 71.5 Å². The molecule has 39 heavy (non-hydrogen) atoms. The van der Waals surface area contributed by atoms with Crippen LogP contribution >= 0.6 is 0 Å².